The third-order valence-corrected chi connectivity index (χ3v) is 3.96. The molecule has 1 aliphatic rings. The molecule has 1 aromatic carbocycles. The monoisotopic (exact) mass is 329 g/mol. The summed E-state index contributed by atoms with van der Waals surface area (Å²) in [6.45, 7) is 1.02. The van der Waals surface area contributed by atoms with Crippen LogP contribution in [0.2, 0.25) is 0 Å². The molecule has 5 N–H and O–H groups in total. The molecule has 0 saturated carbocycles. The van der Waals surface area contributed by atoms with Gasteiger partial charge in [-0.15, -0.1) is 0 Å². The number of nitrogens with zero attached hydrogens (tertiary/aromatic N) is 1. The Hall–Kier alpha value is -2.67. The van der Waals surface area contributed by atoms with Crippen molar-refractivity contribution in [3.63, 3.8) is 0 Å². The molecular formula is C17H20FN5O. The van der Waals surface area contributed by atoms with Crippen molar-refractivity contribution in [3.8, 4) is 0 Å². The average Bonchev–Trinajstić information content (AvgIpc) is 2.58. The van der Waals surface area contributed by atoms with E-state index in [1.807, 2.05) is 30.3 Å². The van der Waals surface area contributed by atoms with Crippen LogP contribution >= 0.6 is 0 Å². The van der Waals surface area contributed by atoms with Crippen molar-refractivity contribution in [1.82, 2.24) is 10.3 Å². The molecule has 0 bridgehead atoms. The molecule has 1 fully saturated rings. The maximum absolute atomic E-state index is 14.0. The van der Waals surface area contributed by atoms with Gasteiger partial charge in [0.1, 0.15) is 12.0 Å². The molecule has 0 unspecified atom stereocenters. The Labute approximate surface area is 139 Å². The molecule has 7 heteroatoms. The van der Waals surface area contributed by atoms with Crippen LogP contribution in [0.15, 0.2) is 42.6 Å². The molecule has 0 spiro atoms. The van der Waals surface area contributed by atoms with Crippen LogP contribution in [0, 0.1) is 0 Å². The van der Waals surface area contributed by atoms with Gasteiger partial charge < -0.3 is 21.7 Å². The Kier molecular flexibility index (Phi) is 4.90. The summed E-state index contributed by atoms with van der Waals surface area (Å²) in [7, 11) is 0. The van der Waals surface area contributed by atoms with Gasteiger partial charge in [0, 0.05) is 24.5 Å². The van der Waals surface area contributed by atoms with Gasteiger partial charge in [0.2, 0.25) is 0 Å². The van der Waals surface area contributed by atoms with Crippen molar-refractivity contribution in [1.29, 1.82) is 0 Å². The van der Waals surface area contributed by atoms with Crippen LogP contribution in [-0.4, -0.2) is 36.2 Å². The van der Waals surface area contributed by atoms with E-state index in [0.717, 1.165) is 12.2 Å². The summed E-state index contributed by atoms with van der Waals surface area (Å²) in [6, 6.07) is 10.9. The Morgan fingerprint density at radius 1 is 1.33 bits per heavy atom. The van der Waals surface area contributed by atoms with Gasteiger partial charge >= 0.3 is 0 Å². The maximum atomic E-state index is 14.0. The van der Waals surface area contributed by atoms with Crippen LogP contribution in [0.3, 0.4) is 0 Å². The number of nitrogens with two attached hydrogens (primary N) is 1. The van der Waals surface area contributed by atoms with Crippen molar-refractivity contribution in [2.24, 2.45) is 5.73 Å². The molecule has 2 aromatic rings. The predicted octanol–water partition coefficient (Wildman–Crippen LogP) is 2.04. The summed E-state index contributed by atoms with van der Waals surface area (Å²) < 4.78 is 14.0. The molecule has 3 rings (SSSR count). The highest BCUT2D eigenvalue weighted by molar-refractivity contribution is 5.98. The van der Waals surface area contributed by atoms with E-state index in [0.29, 0.717) is 24.5 Å². The second-order valence-corrected chi connectivity index (χ2v) is 5.73. The highest BCUT2D eigenvalue weighted by Gasteiger charge is 2.25. The number of hydrogen-bond acceptors (Lipinski definition) is 5. The highest BCUT2D eigenvalue weighted by Crippen LogP contribution is 2.24. The summed E-state index contributed by atoms with van der Waals surface area (Å²) >= 11 is 0. The molecule has 0 aliphatic carbocycles. The number of anilines is 3. The number of hydrogen-bond donors (Lipinski definition) is 4. The highest BCUT2D eigenvalue weighted by atomic mass is 19.1. The molecular weight excluding hydrogens is 309 g/mol. The normalized spacial score (nSPS) is 20.4. The zero-order valence-corrected chi connectivity index (χ0v) is 13.1. The Bertz CT molecular complexity index is 709. The van der Waals surface area contributed by atoms with Gasteiger partial charge in [-0.25, -0.2) is 9.37 Å². The lowest BCUT2D eigenvalue weighted by atomic mass is 10.0. The van der Waals surface area contributed by atoms with Crippen LogP contribution in [0.5, 0.6) is 0 Å². The van der Waals surface area contributed by atoms with E-state index in [1.165, 1.54) is 6.20 Å². The van der Waals surface area contributed by atoms with Crippen LogP contribution in [0.4, 0.5) is 21.6 Å². The summed E-state index contributed by atoms with van der Waals surface area (Å²) in [4.78, 5) is 15.8. The van der Waals surface area contributed by atoms with E-state index < -0.39 is 12.1 Å². The van der Waals surface area contributed by atoms with Crippen molar-refractivity contribution in [2.45, 2.75) is 18.6 Å². The largest absolute Gasteiger partial charge is 0.378 e. The summed E-state index contributed by atoms with van der Waals surface area (Å²) in [5.74, 6) is -0.0429. The number of carbonyl (C=O) groups excluding carboxylic acids is 1. The summed E-state index contributed by atoms with van der Waals surface area (Å²) in [5, 5.41) is 9.26. The quantitative estimate of drug-likeness (QED) is 0.674. The van der Waals surface area contributed by atoms with Crippen molar-refractivity contribution in [3.05, 3.63) is 48.2 Å². The van der Waals surface area contributed by atoms with Crippen LogP contribution in [0.25, 0.3) is 0 Å². The number of aromatic nitrogens is 1. The third kappa shape index (κ3) is 3.80. The van der Waals surface area contributed by atoms with Crippen LogP contribution in [-0.2, 0) is 0 Å². The smallest absolute Gasteiger partial charge is 0.252 e. The first kappa shape index (κ1) is 16.2. The number of para-hydroxylation sites is 1. The number of amides is 1. The lowest BCUT2D eigenvalue weighted by Gasteiger charge is -2.29. The van der Waals surface area contributed by atoms with E-state index in [4.69, 9.17) is 5.73 Å². The SMILES string of the molecule is NC(=O)c1cnc(Nc2ccccc2)cc1N[C@@H]1CCNC[C@@H]1F. The minimum absolute atomic E-state index is 0.249. The van der Waals surface area contributed by atoms with Gasteiger partial charge in [-0.1, -0.05) is 18.2 Å². The molecule has 1 aliphatic heterocycles. The molecule has 24 heavy (non-hydrogen) atoms. The number of nitrogens with one attached hydrogen (secondary N) is 3. The first-order valence-corrected chi connectivity index (χ1v) is 7.87. The number of primary amides is 1. The zero-order valence-electron chi connectivity index (χ0n) is 13.1. The molecule has 2 heterocycles. The van der Waals surface area contributed by atoms with Crippen molar-refractivity contribution in [2.75, 3.05) is 23.7 Å². The minimum atomic E-state index is -1.03. The number of carbonyl (C=O) groups is 1. The third-order valence-electron chi connectivity index (χ3n) is 3.96. The number of rotatable bonds is 5. The fourth-order valence-electron chi connectivity index (χ4n) is 2.69. The Morgan fingerprint density at radius 2 is 2.12 bits per heavy atom. The second-order valence-electron chi connectivity index (χ2n) is 5.73. The van der Waals surface area contributed by atoms with E-state index >= 15 is 0 Å². The minimum Gasteiger partial charge on any atom is -0.378 e. The lowest BCUT2D eigenvalue weighted by molar-refractivity contribution is 0.100. The number of piperidine rings is 1. The average molecular weight is 329 g/mol. The topological polar surface area (TPSA) is 92.1 Å². The summed E-state index contributed by atoms with van der Waals surface area (Å²) in [6.07, 6.45) is 1.01. The van der Waals surface area contributed by atoms with Gasteiger partial charge in [0.05, 0.1) is 17.3 Å². The first-order chi connectivity index (χ1) is 11.6. The predicted molar refractivity (Wildman–Crippen MR) is 92.3 cm³/mol. The Morgan fingerprint density at radius 3 is 2.83 bits per heavy atom. The molecule has 6 nitrogen and oxygen atoms in total. The van der Waals surface area contributed by atoms with Gasteiger partial charge in [0.25, 0.3) is 5.91 Å². The van der Waals surface area contributed by atoms with E-state index in [2.05, 4.69) is 20.9 Å². The number of pyridine rings is 1. The van der Waals surface area contributed by atoms with Crippen LogP contribution < -0.4 is 21.7 Å². The molecule has 0 radical (unpaired) electrons. The standard InChI is InChI=1S/C17H20FN5O/c18-13-10-20-7-6-14(13)23-15-8-16(21-9-12(15)17(19)24)22-11-4-2-1-3-5-11/h1-5,8-9,13-14,20H,6-7,10H2,(H2,19,24)(H2,21,22,23)/t13-,14+/m0/s1. The first-order valence-electron chi connectivity index (χ1n) is 7.87. The number of benzene rings is 1. The van der Waals surface area contributed by atoms with Gasteiger partial charge in [-0.2, -0.15) is 0 Å². The molecule has 1 amide bonds. The van der Waals surface area contributed by atoms with Crippen molar-refractivity contribution < 1.29 is 9.18 Å². The molecule has 1 saturated heterocycles. The lowest BCUT2D eigenvalue weighted by Crippen LogP contribution is -2.45. The molecule has 126 valence electrons. The zero-order chi connectivity index (χ0) is 16.9. The number of halogens is 1. The van der Waals surface area contributed by atoms with E-state index in [9.17, 15) is 9.18 Å². The fourth-order valence-corrected chi connectivity index (χ4v) is 2.69. The fraction of sp³-hybridized carbons (Fsp3) is 0.294. The van der Waals surface area contributed by atoms with Crippen molar-refractivity contribution >= 4 is 23.1 Å². The van der Waals surface area contributed by atoms with Gasteiger partial charge in [-0.05, 0) is 25.1 Å². The van der Waals surface area contributed by atoms with Gasteiger partial charge in [0.15, 0.2) is 0 Å². The van der Waals surface area contributed by atoms with Gasteiger partial charge in [-0.3, -0.25) is 4.79 Å². The second kappa shape index (κ2) is 7.27. The molecule has 2 atom stereocenters. The number of alkyl halides is 1. The summed E-state index contributed by atoms with van der Waals surface area (Å²) in [5.41, 5.74) is 7.02. The van der Waals surface area contributed by atoms with E-state index in [1.54, 1.807) is 6.07 Å². The molecule has 1 aromatic heterocycles. The maximum Gasteiger partial charge on any atom is 0.252 e. The van der Waals surface area contributed by atoms with Crippen LogP contribution in [0.1, 0.15) is 16.8 Å². The van der Waals surface area contributed by atoms with E-state index in [-0.39, 0.29) is 11.6 Å². The Balaban J connectivity index is 1.84.